The Labute approximate surface area is 192 Å². The predicted octanol–water partition coefficient (Wildman–Crippen LogP) is 3.71. The average Bonchev–Trinajstić information content (AvgIpc) is 3.37. The van der Waals surface area contributed by atoms with Gasteiger partial charge < -0.3 is 9.84 Å². The number of thioether (sulfide) groups is 1. The van der Waals surface area contributed by atoms with E-state index in [4.69, 9.17) is 16.3 Å². The summed E-state index contributed by atoms with van der Waals surface area (Å²) in [5.41, 5.74) is 0.579. The highest BCUT2D eigenvalue weighted by molar-refractivity contribution is 8.05. The van der Waals surface area contributed by atoms with Crippen molar-refractivity contribution in [3.8, 4) is 5.82 Å². The summed E-state index contributed by atoms with van der Waals surface area (Å²) in [7, 11) is 0. The third-order valence-corrected chi connectivity index (χ3v) is 8.25. The fourth-order valence-corrected chi connectivity index (χ4v) is 6.62. The maximum absolute atomic E-state index is 14.4. The van der Waals surface area contributed by atoms with Crippen molar-refractivity contribution in [2.45, 2.75) is 42.8 Å². The van der Waals surface area contributed by atoms with Crippen molar-refractivity contribution in [1.29, 1.82) is 0 Å². The lowest BCUT2D eigenvalue weighted by Gasteiger charge is -2.51. The molecular formula is C21H22ClF3N4O2S. The first-order chi connectivity index (χ1) is 15.3. The van der Waals surface area contributed by atoms with Gasteiger partial charge in [0, 0.05) is 37.6 Å². The standard InChI is InChI=1S/C21H22ClF3N4O2S/c22-17-8-14-18(32-17)20(31-12-21(14,24)25)3-6-28(7-4-20)9-13-10-29(27-16(13)11-30)19-15(23)2-1-5-26-19/h1-2,5,8,10,14,18,30H,3-4,6-7,9,11-12H2. The smallest absolute Gasteiger partial charge is 0.278 e. The van der Waals surface area contributed by atoms with Gasteiger partial charge in [-0.3, -0.25) is 4.90 Å². The van der Waals surface area contributed by atoms with Gasteiger partial charge in [0.2, 0.25) is 0 Å². The third-order valence-electron chi connectivity index (χ3n) is 6.51. The second kappa shape index (κ2) is 8.32. The molecule has 32 heavy (non-hydrogen) atoms. The Bertz CT molecular complexity index is 1040. The second-order valence-electron chi connectivity index (χ2n) is 8.44. The Morgan fingerprint density at radius 1 is 1.31 bits per heavy atom. The fourth-order valence-electron chi connectivity index (χ4n) is 4.78. The molecule has 0 radical (unpaired) electrons. The Kier molecular flexibility index (Phi) is 5.78. The van der Waals surface area contributed by atoms with Gasteiger partial charge in [0.15, 0.2) is 11.6 Å². The SMILES string of the molecule is OCc1nn(-c2ncccc2F)cc1CN1CCC2(CC1)OCC(F)(F)C1C=C(Cl)SC12. The zero-order valence-electron chi connectivity index (χ0n) is 17.1. The first kappa shape index (κ1) is 22.2. The second-order valence-corrected chi connectivity index (χ2v) is 10.3. The van der Waals surface area contributed by atoms with Crippen LogP contribution in [0.3, 0.4) is 0 Å². The van der Waals surface area contributed by atoms with E-state index in [2.05, 4.69) is 15.0 Å². The van der Waals surface area contributed by atoms with Gasteiger partial charge in [-0.1, -0.05) is 11.6 Å². The van der Waals surface area contributed by atoms with E-state index in [0.717, 1.165) is 5.56 Å². The Morgan fingerprint density at radius 2 is 2.09 bits per heavy atom. The van der Waals surface area contributed by atoms with E-state index in [0.29, 0.717) is 42.5 Å². The number of hydrogen-bond donors (Lipinski definition) is 1. The zero-order valence-corrected chi connectivity index (χ0v) is 18.6. The monoisotopic (exact) mass is 486 g/mol. The minimum absolute atomic E-state index is 0.0660. The van der Waals surface area contributed by atoms with Crippen molar-refractivity contribution in [1.82, 2.24) is 19.7 Å². The lowest BCUT2D eigenvalue weighted by molar-refractivity contribution is -0.215. The molecule has 0 bridgehead atoms. The van der Waals surface area contributed by atoms with E-state index < -0.39 is 35.1 Å². The van der Waals surface area contributed by atoms with Gasteiger partial charge in [0.1, 0.15) is 6.61 Å². The van der Waals surface area contributed by atoms with Crippen LogP contribution in [0.1, 0.15) is 24.1 Å². The lowest BCUT2D eigenvalue weighted by atomic mass is 9.77. The number of allylic oxidation sites excluding steroid dienone is 1. The van der Waals surface area contributed by atoms with Crippen LogP contribution in [0.15, 0.2) is 35.0 Å². The molecule has 5 rings (SSSR count). The van der Waals surface area contributed by atoms with E-state index in [9.17, 15) is 18.3 Å². The first-order valence-electron chi connectivity index (χ1n) is 10.4. The summed E-state index contributed by atoms with van der Waals surface area (Å²) >= 11 is 7.39. The molecule has 1 N–H and O–H groups in total. The number of ether oxygens (including phenoxy) is 1. The van der Waals surface area contributed by atoms with E-state index in [-0.39, 0.29) is 12.4 Å². The molecule has 0 aromatic carbocycles. The molecule has 6 nitrogen and oxygen atoms in total. The number of pyridine rings is 1. The minimum atomic E-state index is -2.91. The molecule has 2 aromatic rings. The number of fused-ring (bicyclic) bond motifs is 2. The van der Waals surface area contributed by atoms with Crippen LogP contribution in [0.25, 0.3) is 5.82 Å². The predicted molar refractivity (Wildman–Crippen MR) is 114 cm³/mol. The van der Waals surface area contributed by atoms with Crippen LogP contribution in [-0.4, -0.2) is 61.2 Å². The lowest BCUT2D eigenvalue weighted by Crippen LogP contribution is -2.61. The number of halogens is 4. The summed E-state index contributed by atoms with van der Waals surface area (Å²) in [6.45, 7) is 0.905. The molecule has 2 aromatic heterocycles. The molecule has 0 amide bonds. The van der Waals surface area contributed by atoms with Crippen molar-refractivity contribution in [3.63, 3.8) is 0 Å². The molecule has 5 heterocycles. The van der Waals surface area contributed by atoms with Gasteiger partial charge >= 0.3 is 0 Å². The summed E-state index contributed by atoms with van der Waals surface area (Å²) < 4.78 is 50.4. The average molecular weight is 487 g/mol. The summed E-state index contributed by atoms with van der Waals surface area (Å²) in [5, 5.41) is 13.6. The Balaban J connectivity index is 1.29. The maximum atomic E-state index is 14.4. The van der Waals surface area contributed by atoms with Gasteiger partial charge in [-0.05, 0) is 31.1 Å². The number of alkyl halides is 2. The van der Waals surface area contributed by atoms with Crippen molar-refractivity contribution in [2.75, 3.05) is 19.7 Å². The van der Waals surface area contributed by atoms with Gasteiger partial charge in [-0.15, -0.1) is 11.8 Å². The van der Waals surface area contributed by atoms with Crippen molar-refractivity contribution in [3.05, 3.63) is 52.0 Å². The van der Waals surface area contributed by atoms with Crippen LogP contribution in [0, 0.1) is 11.7 Å². The van der Waals surface area contributed by atoms with Crippen molar-refractivity contribution < 1.29 is 23.0 Å². The minimum Gasteiger partial charge on any atom is -0.390 e. The van der Waals surface area contributed by atoms with Crippen LogP contribution in [0.4, 0.5) is 13.2 Å². The normalized spacial score (nSPS) is 26.8. The Morgan fingerprint density at radius 3 is 2.81 bits per heavy atom. The number of aromatic nitrogens is 3. The van der Waals surface area contributed by atoms with E-state index >= 15 is 0 Å². The quantitative estimate of drug-likeness (QED) is 0.711. The summed E-state index contributed by atoms with van der Waals surface area (Å²) in [6.07, 6.45) is 5.84. The number of likely N-dealkylation sites (tertiary alicyclic amines) is 1. The topological polar surface area (TPSA) is 63.4 Å². The molecule has 172 valence electrons. The largest absolute Gasteiger partial charge is 0.390 e. The van der Waals surface area contributed by atoms with Crippen LogP contribution in [-0.2, 0) is 17.9 Å². The fraction of sp³-hybridized carbons (Fsp3) is 0.524. The van der Waals surface area contributed by atoms with Crippen LogP contribution < -0.4 is 0 Å². The molecule has 3 aliphatic heterocycles. The van der Waals surface area contributed by atoms with Gasteiger partial charge in [0.25, 0.3) is 5.92 Å². The highest BCUT2D eigenvalue weighted by Crippen LogP contribution is 2.56. The number of nitrogens with zero attached hydrogens (tertiary/aromatic N) is 4. The zero-order chi connectivity index (χ0) is 22.5. The highest BCUT2D eigenvalue weighted by atomic mass is 35.5. The van der Waals surface area contributed by atoms with Crippen molar-refractivity contribution in [2.24, 2.45) is 5.92 Å². The van der Waals surface area contributed by atoms with Gasteiger partial charge in [-0.2, -0.15) is 5.10 Å². The molecule has 11 heteroatoms. The molecule has 2 saturated heterocycles. The number of rotatable bonds is 4. The number of aliphatic hydroxyl groups is 1. The molecule has 0 aliphatic carbocycles. The molecule has 0 saturated carbocycles. The third kappa shape index (κ3) is 3.86. The van der Waals surface area contributed by atoms with E-state index in [1.54, 1.807) is 6.20 Å². The van der Waals surface area contributed by atoms with Crippen LogP contribution >= 0.6 is 23.4 Å². The van der Waals surface area contributed by atoms with Gasteiger partial charge in [0.05, 0.1) is 33.4 Å². The summed E-state index contributed by atoms with van der Waals surface area (Å²) in [5.74, 6) is -4.26. The first-order valence-corrected chi connectivity index (χ1v) is 11.6. The molecular weight excluding hydrogens is 465 g/mol. The Hall–Kier alpha value is -1.59. The van der Waals surface area contributed by atoms with Gasteiger partial charge in [-0.25, -0.2) is 22.8 Å². The van der Waals surface area contributed by atoms with E-state index in [1.807, 2.05) is 0 Å². The number of hydrogen-bond acceptors (Lipinski definition) is 6. The maximum Gasteiger partial charge on any atom is 0.278 e. The number of aliphatic hydroxyl groups excluding tert-OH is 1. The highest BCUT2D eigenvalue weighted by Gasteiger charge is 2.60. The molecule has 1 spiro atoms. The van der Waals surface area contributed by atoms with Crippen LogP contribution in [0.2, 0.25) is 0 Å². The summed E-state index contributed by atoms with van der Waals surface area (Å²) in [4.78, 5) is 6.19. The van der Waals surface area contributed by atoms with Crippen LogP contribution in [0.5, 0.6) is 0 Å². The molecule has 3 aliphatic rings. The number of piperidine rings is 1. The molecule has 2 unspecified atom stereocenters. The van der Waals surface area contributed by atoms with Crippen molar-refractivity contribution >= 4 is 23.4 Å². The molecule has 2 fully saturated rings. The molecule has 2 atom stereocenters. The van der Waals surface area contributed by atoms with E-state index in [1.165, 1.54) is 40.8 Å². The summed E-state index contributed by atoms with van der Waals surface area (Å²) in [6, 6.07) is 2.80.